The fourth-order valence-corrected chi connectivity index (χ4v) is 4.71. The Morgan fingerprint density at radius 2 is 1.66 bits per heavy atom. The van der Waals surface area contributed by atoms with Gasteiger partial charge in [-0.05, 0) is 60.3 Å². The van der Waals surface area contributed by atoms with Crippen LogP contribution in [0.5, 0.6) is 11.5 Å². The molecule has 0 unspecified atom stereocenters. The number of nitrogens with one attached hydrogen (secondary N) is 2. The van der Waals surface area contributed by atoms with Gasteiger partial charge in [-0.3, -0.25) is 9.52 Å². The number of anilines is 2. The van der Waals surface area contributed by atoms with E-state index in [1.807, 2.05) is 18.4 Å². The van der Waals surface area contributed by atoms with Gasteiger partial charge in [-0.15, -0.1) is 11.3 Å². The zero-order valence-electron chi connectivity index (χ0n) is 15.5. The summed E-state index contributed by atoms with van der Waals surface area (Å²) >= 11 is 1.37. The largest absolute Gasteiger partial charge is 0.486 e. The monoisotopic (exact) mass is 430 g/mol. The maximum Gasteiger partial charge on any atom is 0.265 e. The Bertz CT molecular complexity index is 1150. The van der Waals surface area contributed by atoms with E-state index in [2.05, 4.69) is 10.0 Å². The number of ether oxygens (including phenoxy) is 2. The first-order valence-corrected chi connectivity index (χ1v) is 11.2. The highest BCUT2D eigenvalue weighted by atomic mass is 32.2. The van der Waals surface area contributed by atoms with Gasteiger partial charge in [0, 0.05) is 17.4 Å². The third-order valence-corrected chi connectivity index (χ3v) is 6.68. The zero-order chi connectivity index (χ0) is 20.4. The summed E-state index contributed by atoms with van der Waals surface area (Å²) < 4.78 is 38.7. The highest BCUT2D eigenvalue weighted by Crippen LogP contribution is 2.32. The topological polar surface area (TPSA) is 93.7 Å². The van der Waals surface area contributed by atoms with Crippen molar-refractivity contribution >= 4 is 38.6 Å². The molecule has 0 saturated heterocycles. The molecule has 0 saturated carbocycles. The highest BCUT2D eigenvalue weighted by molar-refractivity contribution is 7.92. The molecule has 2 aromatic carbocycles. The fraction of sp³-hybridized carbons (Fsp3) is 0.150. The number of amides is 1. The Hall–Kier alpha value is -3.04. The molecule has 150 valence electrons. The minimum absolute atomic E-state index is 0.0762. The average Bonchev–Trinajstić information content (AvgIpc) is 3.15. The lowest BCUT2D eigenvalue weighted by atomic mass is 10.2. The Kier molecular flexibility index (Phi) is 5.16. The van der Waals surface area contributed by atoms with Crippen LogP contribution < -0.4 is 19.5 Å². The molecule has 1 amide bonds. The maximum absolute atomic E-state index is 12.7. The molecule has 0 atom stereocenters. The highest BCUT2D eigenvalue weighted by Gasteiger charge is 2.19. The predicted octanol–water partition coefficient (Wildman–Crippen LogP) is 3.88. The second kappa shape index (κ2) is 7.76. The van der Waals surface area contributed by atoms with Gasteiger partial charge in [-0.1, -0.05) is 0 Å². The Labute approximate surface area is 172 Å². The quantitative estimate of drug-likeness (QED) is 0.641. The fourth-order valence-electron chi connectivity index (χ4n) is 2.82. The maximum atomic E-state index is 12.7. The van der Waals surface area contributed by atoms with Gasteiger partial charge in [-0.2, -0.15) is 0 Å². The van der Waals surface area contributed by atoms with Crippen LogP contribution in [0.3, 0.4) is 0 Å². The molecule has 9 heteroatoms. The van der Waals surface area contributed by atoms with Crippen LogP contribution in [0.2, 0.25) is 0 Å². The van der Waals surface area contributed by atoms with Crippen molar-refractivity contribution < 1.29 is 22.7 Å². The Balaban J connectivity index is 1.47. The zero-order valence-corrected chi connectivity index (χ0v) is 17.1. The molecule has 0 spiro atoms. The molecule has 29 heavy (non-hydrogen) atoms. The molecule has 3 aromatic rings. The van der Waals surface area contributed by atoms with Crippen molar-refractivity contribution in [1.82, 2.24) is 0 Å². The van der Waals surface area contributed by atoms with Gasteiger partial charge in [0.05, 0.1) is 9.77 Å². The summed E-state index contributed by atoms with van der Waals surface area (Å²) in [5.41, 5.74) is 1.87. The lowest BCUT2D eigenvalue weighted by molar-refractivity contribution is 0.103. The first kappa shape index (κ1) is 19.3. The summed E-state index contributed by atoms with van der Waals surface area (Å²) in [5, 5.41) is 4.67. The number of sulfonamides is 1. The van der Waals surface area contributed by atoms with Gasteiger partial charge in [0.15, 0.2) is 11.5 Å². The van der Waals surface area contributed by atoms with Gasteiger partial charge in [-0.25, -0.2) is 8.42 Å². The van der Waals surface area contributed by atoms with Crippen LogP contribution in [0.1, 0.15) is 15.2 Å². The van der Waals surface area contributed by atoms with Crippen molar-refractivity contribution in [3.05, 3.63) is 64.4 Å². The molecule has 1 aliphatic rings. The number of hydrogen-bond donors (Lipinski definition) is 2. The molecule has 2 heterocycles. The van der Waals surface area contributed by atoms with Crippen LogP contribution in [0, 0.1) is 6.92 Å². The molecule has 1 aromatic heterocycles. The Morgan fingerprint density at radius 1 is 0.966 bits per heavy atom. The molecule has 2 N–H and O–H groups in total. The van der Waals surface area contributed by atoms with Gasteiger partial charge in [0.25, 0.3) is 15.9 Å². The van der Waals surface area contributed by atoms with Crippen molar-refractivity contribution in [3.8, 4) is 11.5 Å². The number of carbonyl (C=O) groups is 1. The van der Waals surface area contributed by atoms with Crippen molar-refractivity contribution in [1.29, 1.82) is 0 Å². The minimum Gasteiger partial charge on any atom is -0.486 e. The van der Waals surface area contributed by atoms with E-state index in [1.54, 1.807) is 30.3 Å². The van der Waals surface area contributed by atoms with Gasteiger partial charge < -0.3 is 14.8 Å². The first-order chi connectivity index (χ1) is 13.9. The summed E-state index contributed by atoms with van der Waals surface area (Å²) in [4.78, 5) is 13.0. The number of hydrogen-bond acceptors (Lipinski definition) is 6. The summed E-state index contributed by atoms with van der Waals surface area (Å²) in [6, 6.07) is 12.8. The van der Waals surface area contributed by atoms with E-state index in [0.717, 1.165) is 5.56 Å². The second-order valence-electron chi connectivity index (χ2n) is 6.38. The Morgan fingerprint density at radius 3 is 2.34 bits per heavy atom. The lowest BCUT2D eigenvalue weighted by Crippen LogP contribution is -2.17. The van der Waals surface area contributed by atoms with Crippen LogP contribution in [0.15, 0.2) is 58.8 Å². The van der Waals surface area contributed by atoms with Gasteiger partial charge >= 0.3 is 0 Å². The van der Waals surface area contributed by atoms with Crippen LogP contribution >= 0.6 is 11.3 Å². The van der Waals surface area contributed by atoms with Crippen molar-refractivity contribution in [2.75, 3.05) is 23.3 Å². The molecule has 1 aliphatic heterocycles. The number of thiophene rings is 1. The van der Waals surface area contributed by atoms with Crippen LogP contribution in [-0.4, -0.2) is 27.5 Å². The molecule has 0 fully saturated rings. The standard InChI is InChI=1S/C20H18N2O5S2/c1-13-8-11-28-19(13)20(23)21-14-2-4-15(5-3-14)22-29(24,25)16-6-7-17-18(12-16)27-10-9-26-17/h2-8,11-12,22H,9-10H2,1H3,(H,21,23). The number of aryl methyl sites for hydroxylation is 1. The molecular weight excluding hydrogens is 412 g/mol. The van der Waals surface area contributed by atoms with Crippen molar-refractivity contribution in [2.24, 2.45) is 0 Å². The second-order valence-corrected chi connectivity index (χ2v) is 8.97. The van der Waals surface area contributed by atoms with Crippen molar-refractivity contribution in [2.45, 2.75) is 11.8 Å². The number of benzene rings is 2. The van der Waals surface area contributed by atoms with E-state index in [9.17, 15) is 13.2 Å². The minimum atomic E-state index is -3.80. The molecule has 4 rings (SSSR count). The lowest BCUT2D eigenvalue weighted by Gasteiger charge is -2.19. The molecule has 0 aliphatic carbocycles. The number of rotatable bonds is 5. The van der Waals surface area contributed by atoms with E-state index in [4.69, 9.17) is 9.47 Å². The first-order valence-electron chi connectivity index (χ1n) is 8.80. The SMILES string of the molecule is Cc1ccsc1C(=O)Nc1ccc(NS(=O)(=O)c2ccc3c(c2)OCCO3)cc1. The van der Waals surface area contributed by atoms with Crippen molar-refractivity contribution in [3.63, 3.8) is 0 Å². The van der Waals surface area contributed by atoms with Crippen LogP contribution in [0.25, 0.3) is 0 Å². The average molecular weight is 431 g/mol. The molecule has 0 radical (unpaired) electrons. The van der Waals surface area contributed by atoms with E-state index < -0.39 is 10.0 Å². The predicted molar refractivity (Wildman–Crippen MR) is 112 cm³/mol. The molecule has 0 bridgehead atoms. The summed E-state index contributed by atoms with van der Waals surface area (Å²) in [6.07, 6.45) is 0. The normalized spacial score (nSPS) is 13.0. The third kappa shape index (κ3) is 4.20. The summed E-state index contributed by atoms with van der Waals surface area (Å²) in [5.74, 6) is 0.736. The van der Waals surface area contributed by atoms with Gasteiger partial charge in [0.2, 0.25) is 0 Å². The van der Waals surface area contributed by atoms with E-state index in [-0.39, 0.29) is 10.8 Å². The van der Waals surface area contributed by atoms with Gasteiger partial charge in [0.1, 0.15) is 13.2 Å². The van der Waals surface area contributed by atoms with Crippen LogP contribution in [-0.2, 0) is 10.0 Å². The third-order valence-electron chi connectivity index (χ3n) is 4.29. The van der Waals surface area contributed by atoms with E-state index in [1.165, 1.54) is 23.5 Å². The van der Waals surface area contributed by atoms with Crippen LogP contribution in [0.4, 0.5) is 11.4 Å². The number of carbonyl (C=O) groups excluding carboxylic acids is 1. The number of fused-ring (bicyclic) bond motifs is 1. The summed E-state index contributed by atoms with van der Waals surface area (Å²) in [7, 11) is -3.80. The smallest absolute Gasteiger partial charge is 0.265 e. The van der Waals surface area contributed by atoms with E-state index >= 15 is 0 Å². The van der Waals surface area contributed by atoms with E-state index in [0.29, 0.717) is 41.0 Å². The molecule has 7 nitrogen and oxygen atoms in total. The molecular formula is C20H18N2O5S2. The summed E-state index contributed by atoms with van der Waals surface area (Å²) in [6.45, 7) is 2.69.